The number of likely N-dealkylation sites (N-methyl/N-ethyl adjacent to an activating group) is 1. The van der Waals surface area contributed by atoms with E-state index in [2.05, 4.69) is 4.90 Å². The van der Waals surface area contributed by atoms with E-state index in [1.807, 2.05) is 14.0 Å². The Hall–Kier alpha value is -1.11. The summed E-state index contributed by atoms with van der Waals surface area (Å²) in [5, 5.41) is 0. The predicted molar refractivity (Wildman–Crippen MR) is 71.0 cm³/mol. The molecule has 1 aromatic rings. The first-order valence-corrected chi connectivity index (χ1v) is 6.71. The number of nitrogen functional groups attached to an aromatic ring is 1. The van der Waals surface area contributed by atoms with Crippen molar-refractivity contribution in [2.24, 2.45) is 0 Å². The average molecular weight is 270 g/mol. The van der Waals surface area contributed by atoms with E-state index in [-0.39, 0.29) is 12.1 Å². The molecule has 18 heavy (non-hydrogen) atoms. The summed E-state index contributed by atoms with van der Waals surface area (Å²) in [7, 11) is 2.03. The van der Waals surface area contributed by atoms with Crippen LogP contribution in [0, 0.1) is 6.92 Å². The van der Waals surface area contributed by atoms with Crippen LogP contribution >= 0.6 is 11.3 Å². The number of nitrogens with zero attached hydrogens (tertiary/aromatic N) is 1. The van der Waals surface area contributed by atoms with Crippen molar-refractivity contribution in [3.63, 3.8) is 0 Å². The van der Waals surface area contributed by atoms with Gasteiger partial charge in [-0.25, -0.2) is 4.79 Å². The summed E-state index contributed by atoms with van der Waals surface area (Å²) >= 11 is 1.36. The third kappa shape index (κ3) is 3.22. The third-order valence-corrected chi connectivity index (χ3v) is 3.95. The van der Waals surface area contributed by atoms with Gasteiger partial charge in [0.1, 0.15) is 17.6 Å². The highest BCUT2D eigenvalue weighted by molar-refractivity contribution is 7.14. The molecule has 1 aromatic heterocycles. The molecule has 1 atom stereocenters. The molecule has 2 rings (SSSR count). The van der Waals surface area contributed by atoms with E-state index in [0.29, 0.717) is 23.8 Å². The molecular weight excluding hydrogens is 252 g/mol. The average Bonchev–Trinajstić information content (AvgIpc) is 2.67. The Labute approximate surface area is 110 Å². The van der Waals surface area contributed by atoms with Gasteiger partial charge in [0.2, 0.25) is 0 Å². The summed E-state index contributed by atoms with van der Waals surface area (Å²) in [6, 6.07) is 1.66. The molecule has 0 radical (unpaired) electrons. The zero-order chi connectivity index (χ0) is 13.1. The van der Waals surface area contributed by atoms with Crippen LogP contribution in [0.2, 0.25) is 0 Å². The Kier molecular flexibility index (Phi) is 4.21. The first-order chi connectivity index (χ1) is 8.56. The quantitative estimate of drug-likeness (QED) is 0.834. The van der Waals surface area contributed by atoms with Crippen molar-refractivity contribution in [2.45, 2.75) is 13.0 Å². The minimum atomic E-state index is -0.323. The molecular formula is C12H18N2O3S. The second kappa shape index (κ2) is 5.69. The highest BCUT2D eigenvalue weighted by atomic mass is 32.1. The van der Waals surface area contributed by atoms with Gasteiger partial charge in [-0.3, -0.25) is 0 Å². The van der Waals surface area contributed by atoms with Crippen molar-refractivity contribution in [1.82, 2.24) is 4.90 Å². The van der Waals surface area contributed by atoms with E-state index in [1.165, 1.54) is 11.3 Å². The van der Waals surface area contributed by atoms with Crippen LogP contribution in [-0.4, -0.2) is 50.3 Å². The van der Waals surface area contributed by atoms with E-state index in [1.54, 1.807) is 6.07 Å². The lowest BCUT2D eigenvalue weighted by Crippen LogP contribution is -2.42. The maximum absolute atomic E-state index is 11.8. The number of thiophene rings is 1. The van der Waals surface area contributed by atoms with Gasteiger partial charge in [-0.2, -0.15) is 0 Å². The minimum Gasteiger partial charge on any atom is -0.459 e. The van der Waals surface area contributed by atoms with Crippen LogP contribution < -0.4 is 5.73 Å². The number of carbonyl (C=O) groups is 1. The number of carbonyl (C=O) groups excluding carboxylic acids is 1. The molecule has 0 aromatic carbocycles. The Morgan fingerprint density at radius 2 is 2.50 bits per heavy atom. The molecule has 0 bridgehead atoms. The van der Waals surface area contributed by atoms with Gasteiger partial charge in [0, 0.05) is 23.7 Å². The van der Waals surface area contributed by atoms with Crippen LogP contribution in [0.25, 0.3) is 0 Å². The van der Waals surface area contributed by atoms with E-state index in [0.717, 1.165) is 18.0 Å². The number of ether oxygens (including phenoxy) is 2. The number of anilines is 1. The van der Waals surface area contributed by atoms with Crippen molar-refractivity contribution < 1.29 is 14.3 Å². The van der Waals surface area contributed by atoms with Crippen molar-refractivity contribution in [1.29, 1.82) is 0 Å². The fraction of sp³-hybridized carbons (Fsp3) is 0.583. The second-order valence-electron chi connectivity index (χ2n) is 4.48. The largest absolute Gasteiger partial charge is 0.459 e. The Balaban J connectivity index is 1.84. The zero-order valence-electron chi connectivity index (χ0n) is 10.6. The molecule has 2 heterocycles. The van der Waals surface area contributed by atoms with Gasteiger partial charge in [0.05, 0.1) is 6.61 Å². The number of morpholine rings is 1. The maximum Gasteiger partial charge on any atom is 0.348 e. The van der Waals surface area contributed by atoms with E-state index in [4.69, 9.17) is 15.2 Å². The number of hydrogen-bond acceptors (Lipinski definition) is 6. The summed E-state index contributed by atoms with van der Waals surface area (Å²) in [4.78, 5) is 15.5. The Morgan fingerprint density at radius 1 is 1.72 bits per heavy atom. The molecule has 6 heteroatoms. The number of esters is 1. The van der Waals surface area contributed by atoms with Gasteiger partial charge in [0.15, 0.2) is 0 Å². The number of rotatable bonds is 3. The fourth-order valence-electron chi connectivity index (χ4n) is 1.80. The molecule has 0 saturated carbocycles. The highest BCUT2D eigenvalue weighted by Crippen LogP contribution is 2.24. The van der Waals surface area contributed by atoms with Crippen LogP contribution in [0.5, 0.6) is 0 Å². The molecule has 1 aliphatic rings. The summed E-state index contributed by atoms with van der Waals surface area (Å²) in [6.07, 6.45) is -0.0360. The molecule has 0 amide bonds. The van der Waals surface area contributed by atoms with Crippen LogP contribution in [-0.2, 0) is 9.47 Å². The fourth-order valence-corrected chi connectivity index (χ4v) is 2.64. The molecule has 1 unspecified atom stereocenters. The molecule has 0 aliphatic carbocycles. The number of hydrogen-bond donors (Lipinski definition) is 1. The summed E-state index contributed by atoms with van der Waals surface area (Å²) in [5.74, 6) is -0.323. The van der Waals surface area contributed by atoms with Crippen LogP contribution in [0.15, 0.2) is 6.07 Å². The van der Waals surface area contributed by atoms with Crippen molar-refractivity contribution >= 4 is 23.0 Å². The van der Waals surface area contributed by atoms with Gasteiger partial charge in [0.25, 0.3) is 0 Å². The zero-order valence-corrected chi connectivity index (χ0v) is 11.5. The number of aryl methyl sites for hydroxylation is 1. The lowest BCUT2D eigenvalue weighted by molar-refractivity contribution is -0.0527. The van der Waals surface area contributed by atoms with Crippen molar-refractivity contribution in [3.05, 3.63) is 15.8 Å². The van der Waals surface area contributed by atoms with E-state index in [9.17, 15) is 4.79 Å². The van der Waals surface area contributed by atoms with Gasteiger partial charge in [-0.1, -0.05) is 0 Å². The van der Waals surface area contributed by atoms with Crippen LogP contribution in [0.3, 0.4) is 0 Å². The van der Waals surface area contributed by atoms with E-state index < -0.39 is 0 Å². The van der Waals surface area contributed by atoms with Crippen LogP contribution in [0.1, 0.15) is 14.5 Å². The molecule has 2 N–H and O–H groups in total. The van der Waals surface area contributed by atoms with Gasteiger partial charge < -0.3 is 20.1 Å². The summed E-state index contributed by atoms with van der Waals surface area (Å²) < 4.78 is 10.8. The third-order valence-electron chi connectivity index (χ3n) is 2.90. The van der Waals surface area contributed by atoms with Gasteiger partial charge >= 0.3 is 5.97 Å². The summed E-state index contributed by atoms with van der Waals surface area (Å²) in [5.41, 5.74) is 6.35. The van der Waals surface area contributed by atoms with Crippen molar-refractivity contribution in [2.75, 3.05) is 39.1 Å². The second-order valence-corrected chi connectivity index (χ2v) is 5.73. The minimum absolute atomic E-state index is 0.0360. The topological polar surface area (TPSA) is 64.8 Å². The Morgan fingerprint density at radius 3 is 3.11 bits per heavy atom. The van der Waals surface area contributed by atoms with Gasteiger partial charge in [-0.15, -0.1) is 11.3 Å². The SMILES string of the molecule is Cc1sc(C(=O)OCC2CN(C)CCO2)cc1N. The van der Waals surface area contributed by atoms with Crippen LogP contribution in [0.4, 0.5) is 5.69 Å². The molecule has 1 fully saturated rings. The normalized spacial score (nSPS) is 20.9. The number of nitrogens with two attached hydrogens (primary N) is 1. The van der Waals surface area contributed by atoms with Crippen molar-refractivity contribution in [3.8, 4) is 0 Å². The molecule has 5 nitrogen and oxygen atoms in total. The monoisotopic (exact) mass is 270 g/mol. The summed E-state index contributed by atoms with van der Waals surface area (Å²) in [6.45, 7) is 4.57. The molecule has 0 spiro atoms. The first-order valence-electron chi connectivity index (χ1n) is 5.89. The van der Waals surface area contributed by atoms with Gasteiger partial charge in [-0.05, 0) is 20.0 Å². The van der Waals surface area contributed by atoms with E-state index >= 15 is 0 Å². The molecule has 1 aliphatic heterocycles. The standard InChI is InChI=1S/C12H18N2O3S/c1-8-10(13)5-11(18-8)12(15)17-7-9-6-14(2)3-4-16-9/h5,9H,3-4,6-7,13H2,1-2H3. The highest BCUT2D eigenvalue weighted by Gasteiger charge is 2.20. The molecule has 100 valence electrons. The maximum atomic E-state index is 11.8. The predicted octanol–water partition coefficient (Wildman–Crippen LogP) is 1.13. The Bertz CT molecular complexity index is 413. The molecule has 1 saturated heterocycles. The first kappa shape index (κ1) is 13.3. The lowest BCUT2D eigenvalue weighted by atomic mass is 10.3. The smallest absolute Gasteiger partial charge is 0.348 e. The lowest BCUT2D eigenvalue weighted by Gasteiger charge is -2.29.